The van der Waals surface area contributed by atoms with Gasteiger partial charge in [0.25, 0.3) is 0 Å². The predicted octanol–water partition coefficient (Wildman–Crippen LogP) is 15.0. The van der Waals surface area contributed by atoms with Crippen molar-refractivity contribution in [3.63, 3.8) is 0 Å². The summed E-state index contributed by atoms with van der Waals surface area (Å²) in [5.41, 5.74) is 15.4. The van der Waals surface area contributed by atoms with Gasteiger partial charge in [0.2, 0.25) is 0 Å². The number of rotatable bonds is 5. The lowest BCUT2D eigenvalue weighted by Gasteiger charge is -2.63. The Morgan fingerprint density at radius 2 is 1.07 bits per heavy atom. The molecule has 6 aromatic carbocycles. The van der Waals surface area contributed by atoms with Crippen molar-refractivity contribution in [3.8, 4) is 22.3 Å². The quantitative estimate of drug-likeness (QED) is 0.173. The average Bonchev–Trinajstić information content (AvgIpc) is 3.22. The second-order valence-electron chi connectivity index (χ2n) is 19.2. The zero-order valence-electron chi connectivity index (χ0n) is 33.4. The molecule has 1 spiro atoms. The fraction of sp³-hybridized carbons (Fsp3) is 0.333. The highest BCUT2D eigenvalue weighted by molar-refractivity contribution is 7.99. The van der Waals surface area contributed by atoms with E-state index in [4.69, 9.17) is 0 Å². The van der Waals surface area contributed by atoms with Gasteiger partial charge in [-0.3, -0.25) is 0 Å². The molecule has 1 heterocycles. The molecule has 1 nitrogen and oxygen atoms in total. The van der Waals surface area contributed by atoms with Crippen molar-refractivity contribution in [1.29, 1.82) is 0 Å². The molecule has 0 amide bonds. The number of hydrogen-bond acceptors (Lipinski definition) is 2. The molecule has 0 atom stereocenters. The predicted molar refractivity (Wildman–Crippen MR) is 236 cm³/mol. The first kappa shape index (κ1) is 34.7. The highest BCUT2D eigenvalue weighted by Crippen LogP contribution is 2.69. The van der Waals surface area contributed by atoms with E-state index in [9.17, 15) is 0 Å². The van der Waals surface area contributed by atoms with Crippen molar-refractivity contribution >= 4 is 28.8 Å². The smallest absolute Gasteiger partial charge is 0.0540 e. The van der Waals surface area contributed by atoms with Gasteiger partial charge < -0.3 is 4.90 Å². The lowest BCUT2D eigenvalue weighted by molar-refractivity contribution is -0.0443. The Kier molecular flexibility index (Phi) is 7.89. The molecule has 2 heteroatoms. The largest absolute Gasteiger partial charge is 0.310 e. The van der Waals surface area contributed by atoms with Crippen molar-refractivity contribution < 1.29 is 0 Å². The maximum absolute atomic E-state index is 2.63. The second-order valence-corrected chi connectivity index (χ2v) is 20.3. The van der Waals surface area contributed by atoms with Crippen LogP contribution in [0.5, 0.6) is 0 Å². The Morgan fingerprint density at radius 3 is 1.82 bits per heavy atom. The molecule has 4 bridgehead atoms. The van der Waals surface area contributed by atoms with E-state index in [-0.39, 0.29) is 16.2 Å². The van der Waals surface area contributed by atoms with Crippen LogP contribution in [0.4, 0.5) is 17.1 Å². The maximum atomic E-state index is 2.63. The zero-order chi connectivity index (χ0) is 37.8. The van der Waals surface area contributed by atoms with Crippen LogP contribution in [0.25, 0.3) is 22.3 Å². The first-order chi connectivity index (χ1) is 27.2. The Balaban J connectivity index is 1.03. The van der Waals surface area contributed by atoms with Crippen molar-refractivity contribution in [1.82, 2.24) is 0 Å². The lowest BCUT2D eigenvalue weighted by Crippen LogP contribution is -2.57. The van der Waals surface area contributed by atoms with E-state index in [0.29, 0.717) is 0 Å². The third-order valence-corrected chi connectivity index (χ3v) is 16.3. The third kappa shape index (κ3) is 5.27. The van der Waals surface area contributed by atoms with E-state index >= 15 is 0 Å². The first-order valence-corrected chi connectivity index (χ1v) is 22.1. The van der Waals surface area contributed by atoms with Crippen LogP contribution in [-0.4, -0.2) is 0 Å². The van der Waals surface area contributed by atoms with Gasteiger partial charge in [-0.15, -0.1) is 0 Å². The first-order valence-electron chi connectivity index (χ1n) is 21.3. The van der Waals surface area contributed by atoms with E-state index in [1.165, 1.54) is 105 Å². The van der Waals surface area contributed by atoms with E-state index in [1.54, 1.807) is 11.1 Å². The Bertz CT molecular complexity index is 2440. The van der Waals surface area contributed by atoms with Crippen LogP contribution in [0, 0.1) is 23.7 Å². The van der Waals surface area contributed by atoms with E-state index in [0.717, 1.165) is 23.7 Å². The minimum Gasteiger partial charge on any atom is -0.310 e. The molecule has 1 aliphatic heterocycles. The minimum atomic E-state index is 0.120. The molecular formula is C54H53NS. The summed E-state index contributed by atoms with van der Waals surface area (Å²) in [6, 6.07) is 53.6. The SMILES string of the molecule is CC1(C)CCC(C)(C)c2cc(N(c3ccc(-c4ccc5c(c4)C4(c6ccccc6S5)C5CC6CC(C5)CC4C6)cc3)c3ccccc3-c3ccccc3)ccc21. The molecule has 4 saturated carbocycles. The van der Waals surface area contributed by atoms with Crippen LogP contribution in [-0.2, 0) is 16.2 Å². The molecule has 12 rings (SSSR count). The number of nitrogens with zero attached hydrogens (tertiary/aromatic N) is 1. The summed E-state index contributed by atoms with van der Waals surface area (Å²) in [7, 11) is 0. The van der Waals surface area contributed by atoms with Crippen LogP contribution in [0.1, 0.15) is 94.9 Å². The van der Waals surface area contributed by atoms with Crippen molar-refractivity contribution in [2.45, 2.75) is 98.7 Å². The minimum absolute atomic E-state index is 0.120. The molecule has 280 valence electrons. The summed E-state index contributed by atoms with van der Waals surface area (Å²) in [4.78, 5) is 5.49. The van der Waals surface area contributed by atoms with Gasteiger partial charge in [0, 0.05) is 32.1 Å². The average molecular weight is 748 g/mol. The van der Waals surface area contributed by atoms with Gasteiger partial charge in [-0.2, -0.15) is 0 Å². The molecule has 6 aromatic rings. The van der Waals surface area contributed by atoms with Crippen LogP contribution in [0.2, 0.25) is 0 Å². The van der Waals surface area contributed by atoms with Crippen molar-refractivity contribution in [2.75, 3.05) is 4.90 Å². The van der Waals surface area contributed by atoms with Gasteiger partial charge in [0.15, 0.2) is 0 Å². The van der Waals surface area contributed by atoms with Gasteiger partial charge >= 0.3 is 0 Å². The number of fused-ring (bicyclic) bond motifs is 3. The summed E-state index contributed by atoms with van der Waals surface area (Å²) >= 11 is 2.01. The van der Waals surface area contributed by atoms with Crippen LogP contribution < -0.4 is 4.90 Å². The van der Waals surface area contributed by atoms with Crippen molar-refractivity contribution in [2.24, 2.45) is 23.7 Å². The maximum Gasteiger partial charge on any atom is 0.0540 e. The molecule has 4 fully saturated rings. The van der Waals surface area contributed by atoms with Crippen LogP contribution in [0.3, 0.4) is 0 Å². The fourth-order valence-electron chi connectivity index (χ4n) is 12.6. The number of benzene rings is 6. The number of para-hydroxylation sites is 1. The Labute approximate surface area is 338 Å². The normalized spacial score (nSPS) is 26.0. The van der Waals surface area contributed by atoms with Gasteiger partial charge in [-0.1, -0.05) is 130 Å². The molecule has 0 N–H and O–H groups in total. The van der Waals surface area contributed by atoms with E-state index < -0.39 is 0 Å². The molecule has 6 aliphatic rings. The molecule has 0 saturated heterocycles. The van der Waals surface area contributed by atoms with Gasteiger partial charge in [-0.25, -0.2) is 0 Å². The molecule has 0 aromatic heterocycles. The lowest BCUT2D eigenvalue weighted by atomic mass is 9.42. The highest BCUT2D eigenvalue weighted by Gasteiger charge is 2.60. The molecule has 56 heavy (non-hydrogen) atoms. The standard InChI is InChI=1S/C54H53NS/c1-52(2)26-27-53(3,4)47-34-43(23-24-45(47)52)55(49-16-10-8-14-44(49)38-12-6-5-7-13-38)42-21-18-37(19-22-42)39-20-25-51-48(33-39)54(46-15-9-11-17-50(46)56-51)40-29-35-28-36(31-40)32-41(54)30-35/h5-25,33-36,40-41H,26-32H2,1-4H3. The third-order valence-electron chi connectivity index (χ3n) is 15.2. The summed E-state index contributed by atoms with van der Waals surface area (Å²) < 4.78 is 0. The zero-order valence-corrected chi connectivity index (χ0v) is 34.2. The van der Waals surface area contributed by atoms with E-state index in [1.807, 2.05) is 11.8 Å². The Morgan fingerprint density at radius 1 is 0.464 bits per heavy atom. The molecule has 0 radical (unpaired) electrons. The molecule has 0 unspecified atom stereocenters. The number of hydrogen-bond donors (Lipinski definition) is 0. The van der Waals surface area contributed by atoms with Gasteiger partial charge in [0.05, 0.1) is 5.69 Å². The molecular weight excluding hydrogens is 695 g/mol. The van der Waals surface area contributed by atoms with Gasteiger partial charge in [-0.05, 0) is 167 Å². The summed E-state index contributed by atoms with van der Waals surface area (Å²) in [5, 5.41) is 0. The second kappa shape index (κ2) is 12.7. The van der Waals surface area contributed by atoms with Crippen molar-refractivity contribution in [3.05, 3.63) is 162 Å². The topological polar surface area (TPSA) is 3.24 Å². The summed E-state index contributed by atoms with van der Waals surface area (Å²) in [6.07, 6.45) is 9.51. The Hall–Kier alpha value is -4.53. The van der Waals surface area contributed by atoms with Crippen LogP contribution in [0.15, 0.2) is 149 Å². The highest BCUT2D eigenvalue weighted by atomic mass is 32.2. The number of anilines is 3. The fourth-order valence-corrected chi connectivity index (χ4v) is 13.8. The summed E-state index contributed by atoms with van der Waals surface area (Å²) in [6.45, 7) is 9.71. The summed E-state index contributed by atoms with van der Waals surface area (Å²) in [5.74, 6) is 3.38. The monoisotopic (exact) mass is 747 g/mol. The van der Waals surface area contributed by atoms with Crippen LogP contribution >= 0.6 is 11.8 Å². The molecule has 5 aliphatic carbocycles. The van der Waals surface area contributed by atoms with Gasteiger partial charge in [0.1, 0.15) is 0 Å². The van der Waals surface area contributed by atoms with E-state index in [2.05, 4.69) is 172 Å².